The van der Waals surface area contributed by atoms with Crippen molar-refractivity contribution in [3.8, 4) is 0 Å². The maximum Gasteiger partial charge on any atom is 0.318 e. The molecule has 2 rings (SSSR count). The molecule has 0 aromatic carbocycles. The van der Waals surface area contributed by atoms with Gasteiger partial charge in [0.25, 0.3) is 0 Å². The van der Waals surface area contributed by atoms with Gasteiger partial charge in [0.2, 0.25) is 5.89 Å². The van der Waals surface area contributed by atoms with E-state index in [2.05, 4.69) is 27.5 Å². The predicted molar refractivity (Wildman–Crippen MR) is 71.7 cm³/mol. The first kappa shape index (κ1) is 13.3. The van der Waals surface area contributed by atoms with Crippen LogP contribution in [-0.4, -0.2) is 30.3 Å². The SMILES string of the molecule is CNC(C)c1nnc(N(C)C2CCCCCC2)o1. The minimum atomic E-state index is 0.105. The van der Waals surface area contributed by atoms with Gasteiger partial charge in [-0.2, -0.15) is 0 Å². The van der Waals surface area contributed by atoms with Crippen LogP contribution in [0.5, 0.6) is 0 Å². The van der Waals surface area contributed by atoms with Crippen LogP contribution >= 0.6 is 0 Å². The first-order valence-corrected chi connectivity index (χ1v) is 6.96. The molecule has 0 saturated heterocycles. The summed E-state index contributed by atoms with van der Waals surface area (Å²) in [5, 5.41) is 11.4. The quantitative estimate of drug-likeness (QED) is 0.834. The second-order valence-electron chi connectivity index (χ2n) is 5.19. The lowest BCUT2D eigenvalue weighted by atomic mass is 10.1. The average Bonchev–Trinajstić information content (AvgIpc) is 2.72. The Kier molecular flexibility index (Phi) is 4.58. The predicted octanol–water partition coefficient (Wildman–Crippen LogP) is 2.51. The molecule has 1 aliphatic rings. The van der Waals surface area contributed by atoms with E-state index >= 15 is 0 Å². The van der Waals surface area contributed by atoms with Gasteiger partial charge >= 0.3 is 6.01 Å². The maximum atomic E-state index is 5.73. The smallest absolute Gasteiger partial charge is 0.318 e. The van der Waals surface area contributed by atoms with Crippen LogP contribution < -0.4 is 10.2 Å². The van der Waals surface area contributed by atoms with Gasteiger partial charge < -0.3 is 14.6 Å². The van der Waals surface area contributed by atoms with E-state index in [0.29, 0.717) is 17.9 Å². The van der Waals surface area contributed by atoms with E-state index in [9.17, 15) is 0 Å². The lowest BCUT2D eigenvalue weighted by Gasteiger charge is -2.24. The normalized spacial score (nSPS) is 19.5. The van der Waals surface area contributed by atoms with Crippen LogP contribution in [0.25, 0.3) is 0 Å². The molecule has 18 heavy (non-hydrogen) atoms. The summed E-state index contributed by atoms with van der Waals surface area (Å²) in [6, 6.07) is 1.30. The molecule has 0 radical (unpaired) electrons. The van der Waals surface area contributed by atoms with Crippen LogP contribution in [0.15, 0.2) is 4.42 Å². The molecule has 0 spiro atoms. The number of hydrogen-bond acceptors (Lipinski definition) is 5. The zero-order valence-electron chi connectivity index (χ0n) is 11.6. The van der Waals surface area contributed by atoms with Crippen molar-refractivity contribution in [2.45, 2.75) is 57.5 Å². The monoisotopic (exact) mass is 252 g/mol. The van der Waals surface area contributed by atoms with Crippen LogP contribution in [0.1, 0.15) is 57.4 Å². The third kappa shape index (κ3) is 3.02. The fourth-order valence-corrected chi connectivity index (χ4v) is 2.47. The third-order valence-corrected chi connectivity index (χ3v) is 3.91. The van der Waals surface area contributed by atoms with Crippen molar-refractivity contribution in [2.24, 2.45) is 0 Å². The summed E-state index contributed by atoms with van der Waals surface area (Å²) in [7, 11) is 3.96. The van der Waals surface area contributed by atoms with E-state index in [1.165, 1.54) is 38.5 Å². The van der Waals surface area contributed by atoms with Gasteiger partial charge in [0, 0.05) is 13.1 Å². The fraction of sp³-hybridized carbons (Fsp3) is 0.846. The third-order valence-electron chi connectivity index (χ3n) is 3.91. The molecule has 1 unspecified atom stereocenters. The van der Waals surface area contributed by atoms with Crippen molar-refractivity contribution < 1.29 is 4.42 Å². The molecule has 0 bridgehead atoms. The Hall–Kier alpha value is -1.10. The Labute approximate surface area is 109 Å². The van der Waals surface area contributed by atoms with Crippen molar-refractivity contribution in [1.29, 1.82) is 0 Å². The minimum Gasteiger partial charge on any atom is -0.406 e. The molecule has 0 aliphatic heterocycles. The number of aromatic nitrogens is 2. The highest BCUT2D eigenvalue weighted by molar-refractivity contribution is 5.24. The summed E-state index contributed by atoms with van der Waals surface area (Å²) in [4.78, 5) is 2.16. The van der Waals surface area contributed by atoms with Crippen LogP contribution in [0.2, 0.25) is 0 Å². The lowest BCUT2D eigenvalue weighted by molar-refractivity contribution is 0.418. The van der Waals surface area contributed by atoms with Gasteiger partial charge in [-0.3, -0.25) is 0 Å². The number of rotatable bonds is 4. The van der Waals surface area contributed by atoms with E-state index in [-0.39, 0.29) is 6.04 Å². The van der Waals surface area contributed by atoms with Crippen molar-refractivity contribution in [3.05, 3.63) is 5.89 Å². The van der Waals surface area contributed by atoms with Crippen molar-refractivity contribution in [2.75, 3.05) is 19.0 Å². The van der Waals surface area contributed by atoms with Crippen LogP contribution in [0.3, 0.4) is 0 Å². The minimum absolute atomic E-state index is 0.105. The average molecular weight is 252 g/mol. The molecule has 1 aromatic heterocycles. The molecule has 102 valence electrons. The fourth-order valence-electron chi connectivity index (χ4n) is 2.47. The first-order chi connectivity index (χ1) is 8.72. The van der Waals surface area contributed by atoms with Gasteiger partial charge in [0.05, 0.1) is 6.04 Å². The standard InChI is InChI=1S/C13H24N4O/c1-10(14-2)12-15-16-13(18-12)17(3)11-8-6-4-5-7-9-11/h10-11,14H,4-9H2,1-3H3. The van der Waals surface area contributed by atoms with E-state index in [1.807, 2.05) is 14.0 Å². The Bertz CT molecular complexity index is 358. The molecule has 1 heterocycles. The van der Waals surface area contributed by atoms with Gasteiger partial charge in [0.1, 0.15) is 0 Å². The Morgan fingerprint density at radius 1 is 1.22 bits per heavy atom. The number of nitrogens with one attached hydrogen (secondary N) is 1. The van der Waals surface area contributed by atoms with Gasteiger partial charge in [-0.05, 0) is 26.8 Å². The van der Waals surface area contributed by atoms with Crippen LogP contribution in [-0.2, 0) is 0 Å². The number of hydrogen-bond donors (Lipinski definition) is 1. The summed E-state index contributed by atoms with van der Waals surface area (Å²) < 4.78 is 5.73. The van der Waals surface area contributed by atoms with Gasteiger partial charge in [-0.1, -0.05) is 30.8 Å². The van der Waals surface area contributed by atoms with E-state index in [4.69, 9.17) is 4.42 Å². The van der Waals surface area contributed by atoms with Crippen LogP contribution in [0.4, 0.5) is 6.01 Å². The van der Waals surface area contributed by atoms with Crippen molar-refractivity contribution in [3.63, 3.8) is 0 Å². The zero-order valence-corrected chi connectivity index (χ0v) is 11.6. The topological polar surface area (TPSA) is 54.2 Å². The highest BCUT2D eigenvalue weighted by Gasteiger charge is 2.22. The second-order valence-corrected chi connectivity index (χ2v) is 5.19. The number of nitrogens with zero attached hydrogens (tertiary/aromatic N) is 3. The Morgan fingerprint density at radius 3 is 2.50 bits per heavy atom. The largest absolute Gasteiger partial charge is 0.406 e. The molecular formula is C13H24N4O. The van der Waals surface area contributed by atoms with Crippen molar-refractivity contribution >= 4 is 6.01 Å². The zero-order chi connectivity index (χ0) is 13.0. The van der Waals surface area contributed by atoms with Gasteiger partial charge in [-0.15, -0.1) is 5.10 Å². The Morgan fingerprint density at radius 2 is 1.89 bits per heavy atom. The molecule has 1 aliphatic carbocycles. The molecule has 5 heteroatoms. The summed E-state index contributed by atoms with van der Waals surface area (Å²) in [5.74, 6) is 0.660. The van der Waals surface area contributed by atoms with E-state index in [0.717, 1.165) is 0 Å². The summed E-state index contributed by atoms with van der Waals surface area (Å²) in [6.45, 7) is 2.02. The highest BCUT2D eigenvalue weighted by atomic mass is 16.4. The molecular weight excluding hydrogens is 228 g/mol. The Balaban J connectivity index is 2.03. The molecule has 1 saturated carbocycles. The molecule has 5 nitrogen and oxygen atoms in total. The molecule has 0 amide bonds. The molecule has 1 aromatic rings. The highest BCUT2D eigenvalue weighted by Crippen LogP contribution is 2.25. The molecule has 1 fully saturated rings. The van der Waals surface area contributed by atoms with Crippen molar-refractivity contribution in [1.82, 2.24) is 15.5 Å². The van der Waals surface area contributed by atoms with Crippen LogP contribution in [0, 0.1) is 0 Å². The van der Waals surface area contributed by atoms with E-state index in [1.54, 1.807) is 0 Å². The first-order valence-electron chi connectivity index (χ1n) is 6.96. The van der Waals surface area contributed by atoms with Gasteiger partial charge in [0.15, 0.2) is 0 Å². The summed E-state index contributed by atoms with van der Waals surface area (Å²) in [6.07, 6.45) is 7.80. The lowest BCUT2D eigenvalue weighted by Crippen LogP contribution is -2.31. The molecule has 1 N–H and O–H groups in total. The maximum absolute atomic E-state index is 5.73. The van der Waals surface area contributed by atoms with Gasteiger partial charge in [-0.25, -0.2) is 0 Å². The van der Waals surface area contributed by atoms with E-state index < -0.39 is 0 Å². The summed E-state index contributed by atoms with van der Waals surface area (Å²) in [5.41, 5.74) is 0. The molecule has 1 atom stereocenters. The number of anilines is 1. The summed E-state index contributed by atoms with van der Waals surface area (Å²) >= 11 is 0. The second kappa shape index (κ2) is 6.18.